The first kappa shape index (κ1) is 13.9. The van der Waals surface area contributed by atoms with E-state index in [9.17, 15) is 9.90 Å². The van der Waals surface area contributed by atoms with E-state index in [-0.39, 0.29) is 24.1 Å². The number of carbonyl (C=O) groups excluding carboxylic acids is 1. The summed E-state index contributed by atoms with van der Waals surface area (Å²) < 4.78 is 0. The average Bonchev–Trinajstić information content (AvgIpc) is 2.38. The molecule has 4 heteroatoms. The van der Waals surface area contributed by atoms with Crippen LogP contribution in [0.15, 0.2) is 48.5 Å². The van der Waals surface area contributed by atoms with Gasteiger partial charge in [0.25, 0.3) is 0 Å². The summed E-state index contributed by atoms with van der Waals surface area (Å²) in [6.45, 7) is 1.91. The molecule has 1 unspecified atom stereocenters. The minimum atomic E-state index is -0.108. The molecule has 0 aliphatic carbocycles. The molecule has 0 aromatic heterocycles. The Morgan fingerprint density at radius 1 is 1.25 bits per heavy atom. The van der Waals surface area contributed by atoms with Gasteiger partial charge in [-0.05, 0) is 42.3 Å². The molecule has 104 valence electrons. The van der Waals surface area contributed by atoms with E-state index >= 15 is 0 Å². The molecule has 0 spiro atoms. The van der Waals surface area contributed by atoms with Crippen LogP contribution in [0.2, 0.25) is 0 Å². The highest BCUT2D eigenvalue weighted by molar-refractivity contribution is 5.79. The second-order valence-electron chi connectivity index (χ2n) is 4.81. The summed E-state index contributed by atoms with van der Waals surface area (Å²) in [5, 5.41) is 12.3. The van der Waals surface area contributed by atoms with E-state index in [1.807, 2.05) is 37.3 Å². The third-order valence-electron chi connectivity index (χ3n) is 3.06. The molecule has 0 aliphatic rings. The molecule has 0 radical (unpaired) electrons. The monoisotopic (exact) mass is 270 g/mol. The van der Waals surface area contributed by atoms with Crippen molar-refractivity contribution in [2.45, 2.75) is 19.4 Å². The Kier molecular flexibility index (Phi) is 4.25. The average molecular weight is 270 g/mol. The summed E-state index contributed by atoms with van der Waals surface area (Å²) in [4.78, 5) is 12.0. The summed E-state index contributed by atoms with van der Waals surface area (Å²) in [5.41, 5.74) is 8.15. The number of aromatic hydroxyl groups is 1. The summed E-state index contributed by atoms with van der Waals surface area (Å²) in [6.07, 6.45) is 0.237. The van der Waals surface area contributed by atoms with Crippen molar-refractivity contribution in [3.63, 3.8) is 0 Å². The molecule has 1 atom stereocenters. The number of amides is 1. The lowest BCUT2D eigenvalue weighted by Gasteiger charge is -2.15. The van der Waals surface area contributed by atoms with Gasteiger partial charge in [-0.2, -0.15) is 0 Å². The molecule has 2 rings (SSSR count). The number of phenols is 1. The van der Waals surface area contributed by atoms with E-state index in [0.717, 1.165) is 11.1 Å². The first-order chi connectivity index (χ1) is 9.54. The lowest BCUT2D eigenvalue weighted by molar-refractivity contribution is -0.121. The Morgan fingerprint density at radius 2 is 2.00 bits per heavy atom. The van der Waals surface area contributed by atoms with E-state index in [2.05, 4.69) is 5.32 Å². The van der Waals surface area contributed by atoms with E-state index in [1.165, 1.54) is 0 Å². The van der Waals surface area contributed by atoms with E-state index in [4.69, 9.17) is 5.73 Å². The largest absolute Gasteiger partial charge is 0.508 e. The van der Waals surface area contributed by atoms with Crippen LogP contribution in [0.3, 0.4) is 0 Å². The van der Waals surface area contributed by atoms with Crippen LogP contribution in [0, 0.1) is 0 Å². The highest BCUT2D eigenvalue weighted by Gasteiger charge is 2.10. The Morgan fingerprint density at radius 3 is 2.70 bits per heavy atom. The maximum absolute atomic E-state index is 12.0. The lowest BCUT2D eigenvalue weighted by atomic mass is 10.1. The Labute approximate surface area is 118 Å². The number of hydrogen-bond acceptors (Lipinski definition) is 3. The molecular weight excluding hydrogens is 252 g/mol. The topological polar surface area (TPSA) is 75.3 Å². The predicted molar refractivity (Wildman–Crippen MR) is 79.2 cm³/mol. The van der Waals surface area contributed by atoms with Crippen molar-refractivity contribution in [3.8, 4) is 5.75 Å². The molecule has 20 heavy (non-hydrogen) atoms. The van der Waals surface area contributed by atoms with E-state index < -0.39 is 0 Å². The third-order valence-corrected chi connectivity index (χ3v) is 3.06. The van der Waals surface area contributed by atoms with Gasteiger partial charge in [0.05, 0.1) is 12.5 Å². The fraction of sp³-hybridized carbons (Fsp3) is 0.188. The lowest BCUT2D eigenvalue weighted by Crippen LogP contribution is -2.28. The molecule has 0 saturated heterocycles. The zero-order chi connectivity index (χ0) is 14.5. The predicted octanol–water partition coefficient (Wildman–Crippen LogP) is 2.39. The number of anilines is 1. The number of phenolic OH excluding ortho intramolecular Hbond substituents is 1. The molecule has 0 aliphatic heterocycles. The van der Waals surface area contributed by atoms with E-state index in [0.29, 0.717) is 5.69 Å². The summed E-state index contributed by atoms with van der Waals surface area (Å²) in [7, 11) is 0. The Hall–Kier alpha value is -2.49. The van der Waals surface area contributed by atoms with Crippen LogP contribution in [0.4, 0.5) is 5.69 Å². The number of carbonyl (C=O) groups is 1. The van der Waals surface area contributed by atoms with Crippen molar-refractivity contribution in [1.29, 1.82) is 0 Å². The first-order valence-corrected chi connectivity index (χ1v) is 6.47. The highest BCUT2D eigenvalue weighted by atomic mass is 16.3. The van der Waals surface area contributed by atoms with Gasteiger partial charge in [-0.1, -0.05) is 24.3 Å². The van der Waals surface area contributed by atoms with Gasteiger partial charge in [0.1, 0.15) is 5.75 Å². The van der Waals surface area contributed by atoms with Crippen LogP contribution < -0.4 is 11.1 Å². The molecule has 0 bridgehead atoms. The van der Waals surface area contributed by atoms with Gasteiger partial charge in [0.15, 0.2) is 0 Å². The Balaban J connectivity index is 1.97. The van der Waals surface area contributed by atoms with Crippen molar-refractivity contribution in [1.82, 2.24) is 5.32 Å². The van der Waals surface area contributed by atoms with Crippen molar-refractivity contribution in [2.24, 2.45) is 0 Å². The second kappa shape index (κ2) is 6.10. The van der Waals surface area contributed by atoms with Crippen LogP contribution >= 0.6 is 0 Å². The van der Waals surface area contributed by atoms with Crippen molar-refractivity contribution < 1.29 is 9.90 Å². The van der Waals surface area contributed by atoms with Crippen LogP contribution in [0.1, 0.15) is 24.1 Å². The molecule has 2 aromatic carbocycles. The van der Waals surface area contributed by atoms with Crippen LogP contribution in [0.25, 0.3) is 0 Å². The molecule has 0 fully saturated rings. The number of benzene rings is 2. The quantitative estimate of drug-likeness (QED) is 0.747. The number of rotatable bonds is 4. The fourth-order valence-corrected chi connectivity index (χ4v) is 2.06. The number of nitrogens with one attached hydrogen (secondary N) is 1. The van der Waals surface area contributed by atoms with Crippen LogP contribution in [-0.2, 0) is 11.2 Å². The molecule has 4 N–H and O–H groups in total. The molecule has 0 saturated carbocycles. The van der Waals surface area contributed by atoms with Crippen molar-refractivity contribution in [3.05, 3.63) is 59.7 Å². The minimum absolute atomic E-state index is 0.0921. The molecular formula is C16H18N2O2. The fourth-order valence-electron chi connectivity index (χ4n) is 2.06. The summed E-state index contributed by atoms with van der Waals surface area (Å²) in [5.74, 6) is 0.0738. The van der Waals surface area contributed by atoms with Gasteiger partial charge < -0.3 is 16.2 Å². The molecule has 0 heterocycles. The van der Waals surface area contributed by atoms with Gasteiger partial charge in [0.2, 0.25) is 5.91 Å². The van der Waals surface area contributed by atoms with Gasteiger partial charge in [-0.3, -0.25) is 4.79 Å². The Bertz CT molecular complexity index is 611. The first-order valence-electron chi connectivity index (χ1n) is 6.47. The third kappa shape index (κ3) is 3.75. The standard InChI is InChI=1S/C16H18N2O2/c1-11(13-5-3-6-14(17)10-13)18-16(20)9-12-4-2-7-15(19)8-12/h2-8,10-11,19H,9,17H2,1H3,(H,18,20). The molecule has 1 amide bonds. The molecule has 4 nitrogen and oxygen atoms in total. The van der Waals surface area contributed by atoms with Gasteiger partial charge in [-0.15, -0.1) is 0 Å². The van der Waals surface area contributed by atoms with Gasteiger partial charge in [0, 0.05) is 5.69 Å². The van der Waals surface area contributed by atoms with Gasteiger partial charge >= 0.3 is 0 Å². The molecule has 2 aromatic rings. The van der Waals surface area contributed by atoms with Crippen LogP contribution in [0.5, 0.6) is 5.75 Å². The normalized spacial score (nSPS) is 11.8. The zero-order valence-corrected chi connectivity index (χ0v) is 11.3. The highest BCUT2D eigenvalue weighted by Crippen LogP contribution is 2.16. The maximum Gasteiger partial charge on any atom is 0.224 e. The maximum atomic E-state index is 12.0. The zero-order valence-electron chi connectivity index (χ0n) is 11.3. The van der Waals surface area contributed by atoms with Gasteiger partial charge in [-0.25, -0.2) is 0 Å². The number of nitrogens with two attached hydrogens (primary N) is 1. The minimum Gasteiger partial charge on any atom is -0.508 e. The van der Waals surface area contributed by atoms with Crippen molar-refractivity contribution in [2.75, 3.05) is 5.73 Å². The summed E-state index contributed by atoms with van der Waals surface area (Å²) >= 11 is 0. The number of hydrogen-bond donors (Lipinski definition) is 3. The van der Waals surface area contributed by atoms with Crippen LogP contribution in [-0.4, -0.2) is 11.0 Å². The second-order valence-corrected chi connectivity index (χ2v) is 4.81. The number of nitrogen functional groups attached to an aromatic ring is 1. The SMILES string of the molecule is CC(NC(=O)Cc1cccc(O)c1)c1cccc(N)c1. The smallest absolute Gasteiger partial charge is 0.224 e. The van der Waals surface area contributed by atoms with E-state index in [1.54, 1.807) is 18.2 Å². The summed E-state index contributed by atoms with van der Waals surface area (Å²) in [6, 6.07) is 14.0. The van der Waals surface area contributed by atoms with Crippen molar-refractivity contribution >= 4 is 11.6 Å².